The molecular formula is C22H30. The minimum absolute atomic E-state index is 0.589. The third-order valence-corrected chi connectivity index (χ3v) is 5.48. The molecule has 3 aliphatic carbocycles. The lowest BCUT2D eigenvalue weighted by Gasteiger charge is -2.28. The van der Waals surface area contributed by atoms with Gasteiger partial charge in [-0.25, -0.2) is 0 Å². The zero-order chi connectivity index (χ0) is 15.5. The minimum atomic E-state index is 0.589. The highest BCUT2D eigenvalue weighted by molar-refractivity contribution is 5.48. The standard InChI is InChI=1S/C22H30/c1-4-6-19-15-20-13-12-18-11-10-17(9-8-16(19)3)14-22(20)21(18)7-5-2/h10-11,14-15,22H,4-9,12-13H2,1-3H3/b19-16+,20-15-. The molecule has 0 fully saturated rings. The van der Waals surface area contributed by atoms with Gasteiger partial charge in [0.05, 0.1) is 0 Å². The molecule has 0 N–H and O–H groups in total. The summed E-state index contributed by atoms with van der Waals surface area (Å²) in [5, 5.41) is 0. The smallest absolute Gasteiger partial charge is 0.0201 e. The van der Waals surface area contributed by atoms with Crippen molar-refractivity contribution in [3.8, 4) is 0 Å². The monoisotopic (exact) mass is 294 g/mol. The van der Waals surface area contributed by atoms with Crippen LogP contribution in [-0.2, 0) is 0 Å². The summed E-state index contributed by atoms with van der Waals surface area (Å²) in [6, 6.07) is 0. The molecule has 0 aromatic heterocycles. The fourth-order valence-corrected chi connectivity index (χ4v) is 4.20. The second-order valence-electron chi connectivity index (χ2n) is 7.13. The molecule has 0 nitrogen and oxygen atoms in total. The van der Waals surface area contributed by atoms with Gasteiger partial charge in [0.2, 0.25) is 0 Å². The molecule has 1 atom stereocenters. The first-order valence-corrected chi connectivity index (χ1v) is 9.22. The second-order valence-corrected chi connectivity index (χ2v) is 7.13. The van der Waals surface area contributed by atoms with Gasteiger partial charge in [-0.2, -0.15) is 0 Å². The molecule has 3 aliphatic rings. The van der Waals surface area contributed by atoms with Gasteiger partial charge in [-0.05, 0) is 56.6 Å². The maximum Gasteiger partial charge on any atom is 0.0201 e. The Hall–Kier alpha value is -1.30. The average Bonchev–Trinajstić information content (AvgIpc) is 2.58. The SMILES string of the molecule is CCCC1=C2C=CC3=CC1/C(=C\C(CCC)=C(/C)CC3)CC2. The lowest BCUT2D eigenvalue weighted by atomic mass is 9.76. The molecule has 22 heavy (non-hydrogen) atoms. The Kier molecular flexibility index (Phi) is 4.86. The Morgan fingerprint density at radius 1 is 0.955 bits per heavy atom. The van der Waals surface area contributed by atoms with Gasteiger partial charge in [0.15, 0.2) is 0 Å². The van der Waals surface area contributed by atoms with Crippen molar-refractivity contribution in [2.24, 2.45) is 5.92 Å². The van der Waals surface area contributed by atoms with Crippen molar-refractivity contribution in [3.05, 3.63) is 57.7 Å². The molecule has 0 aromatic carbocycles. The van der Waals surface area contributed by atoms with Crippen molar-refractivity contribution in [2.75, 3.05) is 0 Å². The lowest BCUT2D eigenvalue weighted by Crippen LogP contribution is -2.13. The van der Waals surface area contributed by atoms with Gasteiger partial charge in [0, 0.05) is 5.92 Å². The second kappa shape index (κ2) is 6.86. The van der Waals surface area contributed by atoms with Crippen LogP contribution in [0.3, 0.4) is 0 Å². The normalized spacial score (nSPS) is 30.2. The molecule has 0 aromatic rings. The Balaban J connectivity index is 2.08. The van der Waals surface area contributed by atoms with Crippen molar-refractivity contribution in [3.63, 3.8) is 0 Å². The molecule has 0 saturated heterocycles. The number of allylic oxidation sites excluding steroid dienone is 10. The highest BCUT2D eigenvalue weighted by Gasteiger charge is 2.26. The first-order chi connectivity index (χ1) is 10.7. The molecule has 0 amide bonds. The molecule has 0 radical (unpaired) electrons. The van der Waals surface area contributed by atoms with E-state index in [2.05, 4.69) is 45.1 Å². The molecule has 0 aliphatic heterocycles. The van der Waals surface area contributed by atoms with Gasteiger partial charge < -0.3 is 0 Å². The number of hydrogen-bond donors (Lipinski definition) is 0. The molecular weight excluding hydrogens is 264 g/mol. The van der Waals surface area contributed by atoms with Crippen molar-refractivity contribution in [1.29, 1.82) is 0 Å². The zero-order valence-electron chi connectivity index (χ0n) is 14.5. The van der Waals surface area contributed by atoms with Crippen molar-refractivity contribution in [1.82, 2.24) is 0 Å². The highest BCUT2D eigenvalue weighted by Crippen LogP contribution is 2.43. The van der Waals surface area contributed by atoms with Crippen LogP contribution in [0.4, 0.5) is 0 Å². The van der Waals surface area contributed by atoms with Crippen LogP contribution < -0.4 is 0 Å². The van der Waals surface area contributed by atoms with E-state index in [0.29, 0.717) is 5.92 Å². The first-order valence-electron chi connectivity index (χ1n) is 9.22. The van der Waals surface area contributed by atoms with Crippen molar-refractivity contribution in [2.45, 2.75) is 72.1 Å². The van der Waals surface area contributed by atoms with E-state index in [0.717, 1.165) is 0 Å². The van der Waals surface area contributed by atoms with Gasteiger partial charge in [-0.3, -0.25) is 0 Å². The minimum Gasteiger partial charge on any atom is -0.0700 e. The van der Waals surface area contributed by atoms with Crippen LogP contribution in [-0.4, -0.2) is 0 Å². The summed E-state index contributed by atoms with van der Waals surface area (Å²) < 4.78 is 0. The maximum atomic E-state index is 2.58. The summed E-state index contributed by atoms with van der Waals surface area (Å²) in [5.41, 5.74) is 9.81. The fourth-order valence-electron chi connectivity index (χ4n) is 4.20. The van der Waals surface area contributed by atoms with E-state index in [9.17, 15) is 0 Å². The van der Waals surface area contributed by atoms with Gasteiger partial charge in [-0.15, -0.1) is 0 Å². The lowest BCUT2D eigenvalue weighted by molar-refractivity contribution is 0.682. The quantitative estimate of drug-likeness (QED) is 0.533. The van der Waals surface area contributed by atoms with Gasteiger partial charge >= 0.3 is 0 Å². The van der Waals surface area contributed by atoms with E-state index < -0.39 is 0 Å². The van der Waals surface area contributed by atoms with E-state index in [1.165, 1.54) is 51.4 Å². The topological polar surface area (TPSA) is 0 Å². The summed E-state index contributed by atoms with van der Waals surface area (Å²) in [5.74, 6) is 0.589. The molecule has 3 rings (SSSR count). The van der Waals surface area contributed by atoms with E-state index in [1.54, 1.807) is 33.4 Å². The molecule has 0 heteroatoms. The largest absolute Gasteiger partial charge is 0.0700 e. The Morgan fingerprint density at radius 2 is 1.77 bits per heavy atom. The van der Waals surface area contributed by atoms with E-state index in [-0.39, 0.29) is 0 Å². The predicted octanol–water partition coefficient (Wildman–Crippen LogP) is 6.83. The van der Waals surface area contributed by atoms with E-state index in [1.807, 2.05) is 0 Å². The predicted molar refractivity (Wildman–Crippen MR) is 96.8 cm³/mol. The Bertz CT molecular complexity index is 590. The molecule has 0 heterocycles. The Morgan fingerprint density at radius 3 is 2.55 bits per heavy atom. The summed E-state index contributed by atoms with van der Waals surface area (Å²) in [4.78, 5) is 0. The maximum absolute atomic E-state index is 2.58. The third kappa shape index (κ3) is 3.07. The van der Waals surface area contributed by atoms with Crippen LogP contribution in [0.2, 0.25) is 0 Å². The molecule has 3 bridgehead atoms. The first kappa shape index (κ1) is 15.6. The molecule has 118 valence electrons. The highest BCUT2D eigenvalue weighted by atomic mass is 14.3. The average molecular weight is 294 g/mol. The van der Waals surface area contributed by atoms with Crippen LogP contribution in [0, 0.1) is 5.92 Å². The summed E-state index contributed by atoms with van der Waals surface area (Å²) in [7, 11) is 0. The zero-order valence-corrected chi connectivity index (χ0v) is 14.5. The summed E-state index contributed by atoms with van der Waals surface area (Å²) >= 11 is 0. The molecule has 0 spiro atoms. The number of rotatable bonds is 4. The van der Waals surface area contributed by atoms with Crippen LogP contribution in [0.5, 0.6) is 0 Å². The van der Waals surface area contributed by atoms with E-state index >= 15 is 0 Å². The van der Waals surface area contributed by atoms with Crippen LogP contribution >= 0.6 is 0 Å². The summed E-state index contributed by atoms with van der Waals surface area (Å²) in [6.45, 7) is 6.98. The van der Waals surface area contributed by atoms with Gasteiger partial charge in [-0.1, -0.05) is 73.3 Å². The van der Waals surface area contributed by atoms with Crippen LogP contribution in [0.1, 0.15) is 72.1 Å². The van der Waals surface area contributed by atoms with E-state index in [4.69, 9.17) is 0 Å². The molecule has 0 saturated carbocycles. The number of hydrogen-bond acceptors (Lipinski definition) is 0. The van der Waals surface area contributed by atoms with Crippen LogP contribution in [0.15, 0.2) is 57.7 Å². The summed E-state index contributed by atoms with van der Waals surface area (Å²) in [6.07, 6.45) is 20.0. The van der Waals surface area contributed by atoms with Gasteiger partial charge in [0.25, 0.3) is 0 Å². The fraction of sp³-hybridized carbons (Fsp3) is 0.545. The third-order valence-electron chi connectivity index (χ3n) is 5.48. The van der Waals surface area contributed by atoms with Crippen molar-refractivity contribution >= 4 is 0 Å². The Labute approximate surface area is 136 Å². The molecule has 1 unspecified atom stereocenters. The van der Waals surface area contributed by atoms with Crippen molar-refractivity contribution < 1.29 is 0 Å². The van der Waals surface area contributed by atoms with Gasteiger partial charge in [0.1, 0.15) is 0 Å². The van der Waals surface area contributed by atoms with Crippen LogP contribution in [0.25, 0.3) is 0 Å².